The normalized spacial score (nSPS) is 21.8. The van der Waals surface area contributed by atoms with Gasteiger partial charge in [0, 0.05) is 17.6 Å². The van der Waals surface area contributed by atoms with Gasteiger partial charge in [0.15, 0.2) is 0 Å². The number of thiazole rings is 1. The van der Waals surface area contributed by atoms with Crippen molar-refractivity contribution >= 4 is 28.7 Å². The zero-order valence-electron chi connectivity index (χ0n) is 12.6. The van der Waals surface area contributed by atoms with E-state index in [2.05, 4.69) is 21.7 Å². The minimum Gasteiger partial charge on any atom is -0.367 e. The monoisotopic (exact) mass is 337 g/mol. The van der Waals surface area contributed by atoms with Gasteiger partial charge in [-0.15, -0.1) is 11.3 Å². The minimum absolute atomic E-state index is 0.0338. The van der Waals surface area contributed by atoms with E-state index in [4.69, 9.17) is 4.74 Å². The van der Waals surface area contributed by atoms with Crippen LogP contribution in [0.25, 0.3) is 0 Å². The Labute approximate surface area is 137 Å². The first kappa shape index (κ1) is 15.5. The van der Waals surface area contributed by atoms with Crippen LogP contribution in [-0.4, -0.2) is 35.1 Å². The summed E-state index contributed by atoms with van der Waals surface area (Å²) in [5.41, 5.74) is 1.14. The van der Waals surface area contributed by atoms with E-state index in [1.165, 1.54) is 0 Å². The zero-order chi connectivity index (χ0) is 15.5. The number of ether oxygens (including phenoxy) is 1. The van der Waals surface area contributed by atoms with Gasteiger partial charge >= 0.3 is 6.03 Å². The average molecular weight is 337 g/mol. The fourth-order valence-corrected chi connectivity index (χ4v) is 3.93. The van der Waals surface area contributed by atoms with Crippen molar-refractivity contribution in [2.75, 3.05) is 13.1 Å². The van der Waals surface area contributed by atoms with E-state index >= 15 is 0 Å². The van der Waals surface area contributed by atoms with Gasteiger partial charge in [0.05, 0.1) is 19.2 Å². The number of morpholine rings is 1. The average Bonchev–Trinajstić information content (AvgIpc) is 3.15. The molecule has 0 unspecified atom stereocenters. The largest absolute Gasteiger partial charge is 0.367 e. The van der Waals surface area contributed by atoms with Gasteiger partial charge in [-0.25, -0.2) is 9.78 Å². The van der Waals surface area contributed by atoms with Crippen LogP contribution in [0.4, 0.5) is 4.79 Å². The van der Waals surface area contributed by atoms with Crippen molar-refractivity contribution < 1.29 is 9.53 Å². The number of urea groups is 1. The number of rotatable bonds is 3. The Morgan fingerprint density at radius 3 is 3.09 bits per heavy atom. The molecule has 1 saturated heterocycles. The number of hydrogen-bond donors (Lipinski definition) is 1. The summed E-state index contributed by atoms with van der Waals surface area (Å²) in [6, 6.07) is 2.00. The molecule has 2 atom stereocenters. The van der Waals surface area contributed by atoms with E-state index in [9.17, 15) is 4.79 Å². The van der Waals surface area contributed by atoms with Crippen molar-refractivity contribution in [1.82, 2.24) is 15.2 Å². The molecule has 3 rings (SSSR count). The molecule has 2 aromatic heterocycles. The van der Waals surface area contributed by atoms with Gasteiger partial charge in [-0.2, -0.15) is 11.3 Å². The lowest BCUT2D eigenvalue weighted by atomic mass is 10.1. The highest BCUT2D eigenvalue weighted by Gasteiger charge is 2.29. The van der Waals surface area contributed by atoms with Crippen molar-refractivity contribution in [2.45, 2.75) is 32.6 Å². The molecule has 7 heteroatoms. The number of carbonyl (C=O) groups excluding carboxylic acids is 1. The summed E-state index contributed by atoms with van der Waals surface area (Å²) in [5.74, 6) is 0. The lowest BCUT2D eigenvalue weighted by molar-refractivity contribution is -0.0655. The molecule has 0 radical (unpaired) electrons. The fraction of sp³-hybridized carbons (Fsp3) is 0.467. The van der Waals surface area contributed by atoms with E-state index < -0.39 is 0 Å². The van der Waals surface area contributed by atoms with E-state index in [0.717, 1.165) is 15.4 Å². The molecule has 2 aromatic rings. The maximum absolute atomic E-state index is 12.4. The van der Waals surface area contributed by atoms with Crippen molar-refractivity contribution in [3.63, 3.8) is 0 Å². The second-order valence-corrected chi connectivity index (χ2v) is 7.52. The van der Waals surface area contributed by atoms with Crippen LogP contribution in [0, 0.1) is 6.92 Å². The smallest absolute Gasteiger partial charge is 0.317 e. The standard InChI is InChI=1S/C15H19N3O2S2/c1-10-7-18(8-13(20-10)12-3-4-21-9-12)15(19)17-6-14-16-5-11(2)22-14/h3-5,9-10,13H,6-8H2,1-2H3,(H,17,19)/t10-,13+/m1/s1. The molecule has 0 spiro atoms. The maximum atomic E-state index is 12.4. The molecule has 3 heterocycles. The van der Waals surface area contributed by atoms with E-state index in [-0.39, 0.29) is 18.2 Å². The number of amides is 2. The van der Waals surface area contributed by atoms with E-state index in [1.807, 2.05) is 30.3 Å². The van der Waals surface area contributed by atoms with Crippen LogP contribution < -0.4 is 5.32 Å². The van der Waals surface area contributed by atoms with Crippen molar-refractivity contribution in [2.24, 2.45) is 0 Å². The molecule has 1 aliphatic rings. The highest BCUT2D eigenvalue weighted by Crippen LogP contribution is 2.26. The number of carbonyl (C=O) groups is 1. The SMILES string of the molecule is Cc1cnc(CNC(=O)N2C[C@@H](C)O[C@H](c3ccsc3)C2)s1. The van der Waals surface area contributed by atoms with Crippen LogP contribution in [0.2, 0.25) is 0 Å². The summed E-state index contributed by atoms with van der Waals surface area (Å²) in [6.45, 7) is 5.69. The maximum Gasteiger partial charge on any atom is 0.317 e. The Hall–Kier alpha value is -1.44. The predicted molar refractivity (Wildman–Crippen MR) is 88.3 cm³/mol. The van der Waals surface area contributed by atoms with Gasteiger partial charge in [-0.3, -0.25) is 0 Å². The molecule has 0 aliphatic carbocycles. The third-order valence-corrected chi connectivity index (χ3v) is 5.14. The topological polar surface area (TPSA) is 54.5 Å². The van der Waals surface area contributed by atoms with Gasteiger partial charge in [0.25, 0.3) is 0 Å². The molecular weight excluding hydrogens is 318 g/mol. The zero-order valence-corrected chi connectivity index (χ0v) is 14.2. The Morgan fingerprint density at radius 2 is 2.41 bits per heavy atom. The van der Waals surface area contributed by atoms with Crippen molar-refractivity contribution in [1.29, 1.82) is 0 Å². The second kappa shape index (κ2) is 6.76. The van der Waals surface area contributed by atoms with Crippen LogP contribution >= 0.6 is 22.7 Å². The Balaban J connectivity index is 1.59. The van der Waals surface area contributed by atoms with E-state index in [1.54, 1.807) is 22.7 Å². The first-order chi connectivity index (χ1) is 10.6. The Kier molecular flexibility index (Phi) is 4.75. The van der Waals surface area contributed by atoms with Gasteiger partial charge in [0.2, 0.25) is 0 Å². The third kappa shape index (κ3) is 3.66. The third-order valence-electron chi connectivity index (χ3n) is 3.52. The molecule has 0 bridgehead atoms. The van der Waals surface area contributed by atoms with Crippen LogP contribution in [0.3, 0.4) is 0 Å². The lowest BCUT2D eigenvalue weighted by Crippen LogP contribution is -2.49. The van der Waals surface area contributed by atoms with Gasteiger partial charge in [-0.1, -0.05) is 0 Å². The van der Waals surface area contributed by atoms with Crippen LogP contribution in [0.1, 0.15) is 28.5 Å². The van der Waals surface area contributed by atoms with Gasteiger partial charge in [-0.05, 0) is 36.2 Å². The quantitative estimate of drug-likeness (QED) is 0.936. The van der Waals surface area contributed by atoms with E-state index in [0.29, 0.717) is 19.6 Å². The number of aromatic nitrogens is 1. The number of nitrogens with zero attached hydrogens (tertiary/aromatic N) is 2. The molecule has 5 nitrogen and oxygen atoms in total. The van der Waals surface area contributed by atoms with Crippen molar-refractivity contribution in [3.8, 4) is 0 Å². The van der Waals surface area contributed by atoms with Gasteiger partial charge in [0.1, 0.15) is 11.1 Å². The number of aryl methyl sites for hydroxylation is 1. The first-order valence-corrected chi connectivity index (χ1v) is 8.99. The summed E-state index contributed by atoms with van der Waals surface area (Å²) in [7, 11) is 0. The summed E-state index contributed by atoms with van der Waals surface area (Å²) < 4.78 is 5.95. The lowest BCUT2D eigenvalue weighted by Gasteiger charge is -2.36. The number of hydrogen-bond acceptors (Lipinski definition) is 5. The Bertz CT molecular complexity index is 627. The highest BCUT2D eigenvalue weighted by atomic mass is 32.1. The molecule has 22 heavy (non-hydrogen) atoms. The van der Waals surface area contributed by atoms with Crippen LogP contribution in [0.5, 0.6) is 0 Å². The molecule has 1 N–H and O–H groups in total. The first-order valence-electron chi connectivity index (χ1n) is 7.23. The molecule has 1 aliphatic heterocycles. The summed E-state index contributed by atoms with van der Waals surface area (Å²) in [6.07, 6.45) is 1.82. The van der Waals surface area contributed by atoms with Gasteiger partial charge < -0.3 is 15.0 Å². The number of nitrogens with one attached hydrogen (secondary N) is 1. The minimum atomic E-state index is -0.0526. The van der Waals surface area contributed by atoms with Crippen LogP contribution in [0.15, 0.2) is 23.0 Å². The predicted octanol–water partition coefficient (Wildman–Crippen LogP) is 3.18. The molecule has 0 saturated carbocycles. The Morgan fingerprint density at radius 1 is 1.55 bits per heavy atom. The second-order valence-electron chi connectivity index (χ2n) is 5.42. The molecule has 1 fully saturated rings. The fourth-order valence-electron chi connectivity index (χ4n) is 2.51. The summed E-state index contributed by atoms with van der Waals surface area (Å²) in [4.78, 5) is 19.6. The highest BCUT2D eigenvalue weighted by molar-refractivity contribution is 7.11. The summed E-state index contributed by atoms with van der Waals surface area (Å²) in [5, 5.41) is 8.00. The molecule has 118 valence electrons. The molecule has 0 aromatic carbocycles. The molecule has 2 amide bonds. The van der Waals surface area contributed by atoms with Crippen molar-refractivity contribution in [3.05, 3.63) is 38.5 Å². The summed E-state index contributed by atoms with van der Waals surface area (Å²) >= 11 is 3.26. The number of thiophene rings is 1. The van der Waals surface area contributed by atoms with Crippen LogP contribution in [-0.2, 0) is 11.3 Å². The molecular formula is C15H19N3O2S2.